The van der Waals surface area contributed by atoms with Gasteiger partial charge in [0.1, 0.15) is 0 Å². The summed E-state index contributed by atoms with van der Waals surface area (Å²) < 4.78 is 4.47. The number of rotatable bonds is 3. The van der Waals surface area contributed by atoms with Crippen molar-refractivity contribution in [3.8, 4) is 6.07 Å². The molecule has 0 aliphatic heterocycles. The molecule has 0 fully saturated rings. The molecule has 4 heteroatoms. The molecule has 0 bridgehead atoms. The van der Waals surface area contributed by atoms with Crippen LogP contribution in [0.3, 0.4) is 0 Å². The van der Waals surface area contributed by atoms with E-state index < -0.39 is 17.7 Å². The first kappa shape index (κ1) is 9.63. The molecule has 0 unspecified atom stereocenters. The molecule has 0 spiro atoms. The van der Waals surface area contributed by atoms with Crippen LogP contribution in [0.5, 0.6) is 0 Å². The Labute approximate surface area is 64.8 Å². The number of ether oxygens (including phenoxy) is 1. The first-order valence-corrected chi connectivity index (χ1v) is 3.20. The van der Waals surface area contributed by atoms with E-state index in [9.17, 15) is 9.59 Å². The second kappa shape index (κ2) is 4.45. The van der Waals surface area contributed by atoms with Crippen LogP contribution in [-0.2, 0) is 14.3 Å². The van der Waals surface area contributed by atoms with Gasteiger partial charge in [-0.25, -0.2) is 0 Å². The Morgan fingerprint density at radius 2 is 2.18 bits per heavy atom. The Bertz CT molecular complexity index is 204. The highest BCUT2D eigenvalue weighted by molar-refractivity contribution is 6.00. The van der Waals surface area contributed by atoms with Crippen molar-refractivity contribution in [2.45, 2.75) is 13.8 Å². The van der Waals surface area contributed by atoms with Gasteiger partial charge in [-0.05, 0) is 13.8 Å². The van der Waals surface area contributed by atoms with Gasteiger partial charge in [-0.1, -0.05) is 0 Å². The van der Waals surface area contributed by atoms with E-state index >= 15 is 0 Å². The molecule has 1 atom stereocenters. The summed E-state index contributed by atoms with van der Waals surface area (Å²) in [6.45, 7) is 2.99. The number of esters is 1. The van der Waals surface area contributed by atoms with Gasteiger partial charge in [0.05, 0.1) is 12.7 Å². The van der Waals surface area contributed by atoms with Crippen molar-refractivity contribution in [3.05, 3.63) is 0 Å². The number of carbonyl (C=O) groups excluding carboxylic acids is 2. The molecule has 0 aliphatic rings. The predicted octanol–water partition coefficient (Wildman–Crippen LogP) is 0.278. The van der Waals surface area contributed by atoms with Crippen molar-refractivity contribution in [1.29, 1.82) is 5.26 Å². The van der Waals surface area contributed by atoms with Crippen LogP contribution in [0.25, 0.3) is 0 Å². The zero-order chi connectivity index (χ0) is 8.85. The summed E-state index contributed by atoms with van der Waals surface area (Å²) in [6, 6.07) is 1.56. The number of hydrogen-bond acceptors (Lipinski definition) is 4. The molecule has 0 amide bonds. The third-order valence-electron chi connectivity index (χ3n) is 1.06. The molecule has 0 aromatic rings. The van der Waals surface area contributed by atoms with Crippen LogP contribution < -0.4 is 0 Å². The van der Waals surface area contributed by atoms with Crippen molar-refractivity contribution >= 4 is 11.8 Å². The number of nitrogens with zero attached hydrogens (tertiary/aromatic N) is 1. The van der Waals surface area contributed by atoms with Crippen molar-refractivity contribution in [2.24, 2.45) is 5.92 Å². The van der Waals surface area contributed by atoms with Crippen LogP contribution in [-0.4, -0.2) is 18.4 Å². The van der Waals surface area contributed by atoms with Crippen LogP contribution in [0.2, 0.25) is 0 Å². The first-order valence-electron chi connectivity index (χ1n) is 3.20. The van der Waals surface area contributed by atoms with Gasteiger partial charge in [-0.3, -0.25) is 9.59 Å². The zero-order valence-corrected chi connectivity index (χ0v) is 6.46. The summed E-state index contributed by atoms with van der Waals surface area (Å²) in [5.74, 6) is -2.50. The molecule has 60 valence electrons. The van der Waals surface area contributed by atoms with Gasteiger partial charge in [0.25, 0.3) is 0 Å². The highest BCUT2D eigenvalue weighted by Crippen LogP contribution is 1.99. The zero-order valence-electron chi connectivity index (χ0n) is 6.46. The molecule has 4 nitrogen and oxygen atoms in total. The van der Waals surface area contributed by atoms with E-state index in [1.54, 1.807) is 13.0 Å². The standard InChI is InChI=1S/C7H9NO3/c1-3-11-7(10)6(4-8)5(2)9/h6H,3H2,1-2H3/t6-/m0/s1. The third kappa shape index (κ3) is 2.80. The van der Waals surface area contributed by atoms with E-state index in [1.165, 1.54) is 6.92 Å². The van der Waals surface area contributed by atoms with Gasteiger partial charge >= 0.3 is 5.97 Å². The number of Topliss-reactive ketones (excluding diaryl/α,β-unsaturated/α-hetero) is 1. The van der Waals surface area contributed by atoms with Crippen molar-refractivity contribution in [1.82, 2.24) is 0 Å². The van der Waals surface area contributed by atoms with Gasteiger partial charge in [0, 0.05) is 0 Å². The number of hydrogen-bond donors (Lipinski definition) is 0. The summed E-state index contributed by atoms with van der Waals surface area (Å²) in [4.78, 5) is 21.3. The van der Waals surface area contributed by atoms with Gasteiger partial charge in [-0.15, -0.1) is 0 Å². The highest BCUT2D eigenvalue weighted by Gasteiger charge is 2.23. The second-order valence-electron chi connectivity index (χ2n) is 1.92. The molecule has 11 heavy (non-hydrogen) atoms. The minimum absolute atomic E-state index is 0.185. The molecule has 0 heterocycles. The molecule has 0 aliphatic carbocycles. The molecule has 0 saturated carbocycles. The van der Waals surface area contributed by atoms with Crippen LogP contribution in [0.4, 0.5) is 0 Å². The average molecular weight is 155 g/mol. The van der Waals surface area contributed by atoms with Crippen molar-refractivity contribution in [3.63, 3.8) is 0 Å². The van der Waals surface area contributed by atoms with Gasteiger partial charge in [-0.2, -0.15) is 5.26 Å². The molecular formula is C7H9NO3. The maximum atomic E-state index is 10.8. The fourth-order valence-corrected chi connectivity index (χ4v) is 0.535. The SMILES string of the molecule is CCOC(=O)[C@@H](C#N)C(C)=O. The molecule has 0 aromatic carbocycles. The predicted molar refractivity (Wildman–Crippen MR) is 36.4 cm³/mol. The lowest BCUT2D eigenvalue weighted by Crippen LogP contribution is -2.22. The van der Waals surface area contributed by atoms with Crippen LogP contribution in [0.1, 0.15) is 13.8 Å². The summed E-state index contributed by atoms with van der Waals surface area (Å²) in [5, 5.41) is 8.32. The first-order chi connectivity index (χ1) is 5.13. The lowest BCUT2D eigenvalue weighted by molar-refractivity contribution is -0.148. The van der Waals surface area contributed by atoms with Gasteiger partial charge in [0.2, 0.25) is 5.92 Å². The highest BCUT2D eigenvalue weighted by atomic mass is 16.5. The molecule has 0 aromatic heterocycles. The Hall–Kier alpha value is -1.37. The monoisotopic (exact) mass is 155 g/mol. The van der Waals surface area contributed by atoms with Crippen molar-refractivity contribution in [2.75, 3.05) is 6.61 Å². The maximum Gasteiger partial charge on any atom is 0.331 e. The van der Waals surface area contributed by atoms with E-state index in [0.717, 1.165) is 0 Å². The summed E-state index contributed by atoms with van der Waals surface area (Å²) in [6.07, 6.45) is 0. The Morgan fingerprint density at radius 1 is 1.64 bits per heavy atom. The maximum absolute atomic E-state index is 10.8. The van der Waals surface area contributed by atoms with E-state index in [4.69, 9.17) is 5.26 Å². The second-order valence-corrected chi connectivity index (χ2v) is 1.92. The third-order valence-corrected chi connectivity index (χ3v) is 1.06. The molecule has 0 saturated heterocycles. The Morgan fingerprint density at radius 3 is 2.45 bits per heavy atom. The molecule has 0 radical (unpaired) electrons. The quantitative estimate of drug-likeness (QED) is 0.433. The smallest absolute Gasteiger partial charge is 0.331 e. The summed E-state index contributed by atoms with van der Waals surface area (Å²) in [5.41, 5.74) is 0. The van der Waals surface area contributed by atoms with Crippen LogP contribution in [0.15, 0.2) is 0 Å². The minimum atomic E-state index is -1.25. The van der Waals surface area contributed by atoms with Crippen LogP contribution >= 0.6 is 0 Å². The normalized spacial score (nSPS) is 11.4. The Kier molecular flexibility index (Phi) is 3.89. The number of ketones is 1. The lowest BCUT2D eigenvalue weighted by Gasteiger charge is -2.02. The minimum Gasteiger partial charge on any atom is -0.465 e. The van der Waals surface area contributed by atoms with Crippen molar-refractivity contribution < 1.29 is 14.3 Å². The lowest BCUT2D eigenvalue weighted by atomic mass is 10.1. The number of nitriles is 1. The summed E-state index contributed by atoms with van der Waals surface area (Å²) >= 11 is 0. The van der Waals surface area contributed by atoms with Gasteiger partial charge < -0.3 is 4.74 Å². The molecular weight excluding hydrogens is 146 g/mol. The van der Waals surface area contributed by atoms with Gasteiger partial charge in [0.15, 0.2) is 5.78 Å². The molecule has 0 rings (SSSR count). The Balaban J connectivity index is 4.18. The van der Waals surface area contributed by atoms with Crippen LogP contribution in [0, 0.1) is 17.2 Å². The molecule has 0 N–H and O–H groups in total. The summed E-state index contributed by atoms with van der Waals surface area (Å²) in [7, 11) is 0. The van der Waals surface area contributed by atoms with E-state index in [2.05, 4.69) is 4.74 Å². The average Bonchev–Trinajstić information content (AvgIpc) is 1.88. The van der Waals surface area contributed by atoms with E-state index in [0.29, 0.717) is 0 Å². The largest absolute Gasteiger partial charge is 0.465 e. The van der Waals surface area contributed by atoms with E-state index in [1.807, 2.05) is 0 Å². The van der Waals surface area contributed by atoms with E-state index in [-0.39, 0.29) is 6.61 Å². The number of carbonyl (C=O) groups is 2. The fourth-order valence-electron chi connectivity index (χ4n) is 0.535. The fraction of sp³-hybridized carbons (Fsp3) is 0.571. The topological polar surface area (TPSA) is 67.2 Å².